The Bertz CT molecular complexity index is 368. The maximum Gasteiger partial charge on any atom is 0.133 e. The second-order valence-corrected chi connectivity index (χ2v) is 5.47. The van der Waals surface area contributed by atoms with Crippen LogP contribution in [0.4, 0.5) is 0 Å². The molecule has 0 bridgehead atoms. The first-order valence-corrected chi connectivity index (χ1v) is 6.52. The zero-order valence-corrected chi connectivity index (χ0v) is 12.1. The van der Waals surface area contributed by atoms with Crippen molar-refractivity contribution in [1.82, 2.24) is 0 Å². The van der Waals surface area contributed by atoms with E-state index in [4.69, 9.17) is 10.5 Å². The number of ether oxygens (including phenoxy) is 1. The van der Waals surface area contributed by atoms with E-state index in [2.05, 4.69) is 29.8 Å². The molecule has 1 aromatic rings. The third kappa shape index (κ3) is 3.98. The average molecular weight is 302 g/mol. The number of aliphatic hydroxyl groups excluding tert-OH is 1. The van der Waals surface area contributed by atoms with Crippen LogP contribution in [0, 0.1) is 5.92 Å². The van der Waals surface area contributed by atoms with E-state index in [1.54, 1.807) is 7.11 Å². The molecule has 0 heterocycles. The van der Waals surface area contributed by atoms with Crippen LogP contribution in [-0.2, 0) is 0 Å². The molecule has 4 heteroatoms. The second kappa shape index (κ2) is 6.38. The van der Waals surface area contributed by atoms with E-state index in [1.165, 1.54) is 0 Å². The number of hydrogen-bond donors (Lipinski definition) is 2. The van der Waals surface area contributed by atoms with Crippen LogP contribution < -0.4 is 10.5 Å². The van der Waals surface area contributed by atoms with E-state index >= 15 is 0 Å². The highest BCUT2D eigenvalue weighted by molar-refractivity contribution is 9.10. The highest BCUT2D eigenvalue weighted by Crippen LogP contribution is 2.29. The molecule has 0 aliphatic carbocycles. The second-order valence-electron chi connectivity index (χ2n) is 4.62. The van der Waals surface area contributed by atoms with Gasteiger partial charge in [-0.1, -0.05) is 19.9 Å². The Hall–Kier alpha value is -0.580. The molecule has 0 amide bonds. The van der Waals surface area contributed by atoms with Crippen molar-refractivity contribution in [3.05, 3.63) is 28.2 Å². The van der Waals surface area contributed by atoms with Crippen molar-refractivity contribution in [2.45, 2.75) is 32.4 Å². The van der Waals surface area contributed by atoms with Crippen LogP contribution in [-0.4, -0.2) is 18.3 Å². The largest absolute Gasteiger partial charge is 0.496 e. The Morgan fingerprint density at radius 2 is 2.06 bits per heavy atom. The highest BCUT2D eigenvalue weighted by atomic mass is 79.9. The molecule has 96 valence electrons. The summed E-state index contributed by atoms with van der Waals surface area (Å²) in [6.07, 6.45) is 0.181. The van der Waals surface area contributed by atoms with Crippen LogP contribution in [0.15, 0.2) is 22.7 Å². The monoisotopic (exact) mass is 301 g/mol. The lowest BCUT2D eigenvalue weighted by Gasteiger charge is -2.21. The van der Waals surface area contributed by atoms with Gasteiger partial charge in [-0.25, -0.2) is 0 Å². The lowest BCUT2D eigenvalue weighted by atomic mass is 9.95. The smallest absolute Gasteiger partial charge is 0.133 e. The molecule has 0 saturated carbocycles. The fraction of sp³-hybridized carbons (Fsp3) is 0.538. The molecule has 0 saturated heterocycles. The zero-order valence-electron chi connectivity index (χ0n) is 10.5. The summed E-state index contributed by atoms with van der Waals surface area (Å²) in [5.41, 5.74) is 6.94. The van der Waals surface area contributed by atoms with Gasteiger partial charge in [0.1, 0.15) is 5.75 Å². The van der Waals surface area contributed by atoms with Crippen LogP contribution >= 0.6 is 15.9 Å². The minimum atomic E-state index is -0.518. The highest BCUT2D eigenvalue weighted by Gasteiger charge is 2.18. The van der Waals surface area contributed by atoms with Crippen LogP contribution in [0.25, 0.3) is 0 Å². The molecule has 3 nitrogen and oxygen atoms in total. The number of aliphatic hydroxyl groups is 1. The summed E-state index contributed by atoms with van der Waals surface area (Å²) in [4.78, 5) is 0. The SMILES string of the molecule is COc1ccc([C@H](N)[C@H](O)CC(C)C)cc1Br. The quantitative estimate of drug-likeness (QED) is 0.879. The first-order chi connectivity index (χ1) is 7.95. The van der Waals surface area contributed by atoms with Gasteiger partial charge in [-0.2, -0.15) is 0 Å². The van der Waals surface area contributed by atoms with Crippen molar-refractivity contribution >= 4 is 15.9 Å². The summed E-state index contributed by atoms with van der Waals surface area (Å²) in [5.74, 6) is 1.19. The fourth-order valence-electron chi connectivity index (χ4n) is 1.74. The van der Waals surface area contributed by atoms with Gasteiger partial charge in [0.2, 0.25) is 0 Å². The number of halogens is 1. The van der Waals surface area contributed by atoms with E-state index in [1.807, 2.05) is 18.2 Å². The predicted octanol–water partition coefficient (Wildman–Crippen LogP) is 2.86. The topological polar surface area (TPSA) is 55.5 Å². The summed E-state index contributed by atoms with van der Waals surface area (Å²) in [7, 11) is 1.62. The first kappa shape index (κ1) is 14.5. The minimum absolute atomic E-state index is 0.361. The molecule has 0 radical (unpaired) electrons. The predicted molar refractivity (Wildman–Crippen MR) is 73.1 cm³/mol. The van der Waals surface area contributed by atoms with Crippen molar-refractivity contribution in [2.24, 2.45) is 11.7 Å². The Kier molecular flexibility index (Phi) is 5.43. The van der Waals surface area contributed by atoms with Gasteiger partial charge in [0.15, 0.2) is 0 Å². The van der Waals surface area contributed by atoms with E-state index in [9.17, 15) is 5.11 Å². The molecule has 0 fully saturated rings. The van der Waals surface area contributed by atoms with Crippen molar-refractivity contribution in [3.8, 4) is 5.75 Å². The first-order valence-electron chi connectivity index (χ1n) is 5.72. The van der Waals surface area contributed by atoms with Crippen LogP contribution in [0.1, 0.15) is 31.9 Å². The molecule has 17 heavy (non-hydrogen) atoms. The minimum Gasteiger partial charge on any atom is -0.496 e. The number of rotatable bonds is 5. The van der Waals surface area contributed by atoms with Crippen molar-refractivity contribution in [3.63, 3.8) is 0 Å². The van der Waals surface area contributed by atoms with Crippen LogP contribution in [0.2, 0.25) is 0 Å². The maximum atomic E-state index is 9.99. The van der Waals surface area contributed by atoms with Gasteiger partial charge in [0, 0.05) is 0 Å². The van der Waals surface area contributed by atoms with Gasteiger partial charge >= 0.3 is 0 Å². The van der Waals surface area contributed by atoms with Gasteiger partial charge in [-0.05, 0) is 46.0 Å². The van der Waals surface area contributed by atoms with Crippen molar-refractivity contribution in [2.75, 3.05) is 7.11 Å². The Morgan fingerprint density at radius 3 is 2.53 bits per heavy atom. The summed E-state index contributed by atoms with van der Waals surface area (Å²) < 4.78 is 6.01. The molecule has 0 spiro atoms. The van der Waals surface area contributed by atoms with Crippen molar-refractivity contribution < 1.29 is 9.84 Å². The number of nitrogens with two attached hydrogens (primary N) is 1. The van der Waals surface area contributed by atoms with E-state index in [0.717, 1.165) is 15.8 Å². The molecule has 0 unspecified atom stereocenters. The van der Waals surface area contributed by atoms with Crippen molar-refractivity contribution in [1.29, 1.82) is 0 Å². The molecule has 1 aromatic carbocycles. The summed E-state index contributed by atoms with van der Waals surface area (Å²) in [6, 6.07) is 5.27. The lowest BCUT2D eigenvalue weighted by molar-refractivity contribution is 0.121. The van der Waals surface area contributed by atoms with E-state index in [-0.39, 0.29) is 6.04 Å². The molecule has 0 aliphatic rings. The summed E-state index contributed by atoms with van der Waals surface area (Å²) >= 11 is 3.41. The third-order valence-corrected chi connectivity index (χ3v) is 3.31. The normalized spacial score (nSPS) is 14.8. The Balaban J connectivity index is 2.82. The standard InChI is InChI=1S/C13H20BrNO2/c1-8(2)6-11(16)13(15)9-4-5-12(17-3)10(14)7-9/h4-5,7-8,11,13,16H,6,15H2,1-3H3/t11-,13+/m1/s1. The Morgan fingerprint density at radius 1 is 1.41 bits per heavy atom. The number of methoxy groups -OCH3 is 1. The van der Waals surface area contributed by atoms with Gasteiger partial charge in [0.25, 0.3) is 0 Å². The zero-order chi connectivity index (χ0) is 13.0. The molecule has 3 N–H and O–H groups in total. The maximum absolute atomic E-state index is 9.99. The number of benzene rings is 1. The van der Waals surface area contributed by atoms with Gasteiger partial charge in [0.05, 0.1) is 23.7 Å². The Labute approximate surface area is 111 Å². The third-order valence-electron chi connectivity index (χ3n) is 2.69. The summed E-state index contributed by atoms with van der Waals surface area (Å²) in [5, 5.41) is 9.99. The van der Waals surface area contributed by atoms with Crippen LogP contribution in [0.3, 0.4) is 0 Å². The average Bonchev–Trinajstić information content (AvgIpc) is 2.27. The molecular formula is C13H20BrNO2. The summed E-state index contributed by atoms with van der Waals surface area (Å²) in [6.45, 7) is 4.14. The van der Waals surface area contributed by atoms with Gasteiger partial charge in [-0.15, -0.1) is 0 Å². The number of hydrogen-bond acceptors (Lipinski definition) is 3. The van der Waals surface area contributed by atoms with Gasteiger partial charge < -0.3 is 15.6 Å². The lowest BCUT2D eigenvalue weighted by Crippen LogP contribution is -2.27. The molecule has 0 aliphatic heterocycles. The molecule has 2 atom stereocenters. The van der Waals surface area contributed by atoms with E-state index < -0.39 is 6.10 Å². The van der Waals surface area contributed by atoms with E-state index in [0.29, 0.717) is 12.3 Å². The molecular weight excluding hydrogens is 282 g/mol. The van der Waals surface area contributed by atoms with Gasteiger partial charge in [-0.3, -0.25) is 0 Å². The fourth-order valence-corrected chi connectivity index (χ4v) is 2.30. The molecule has 1 rings (SSSR count). The molecule has 0 aromatic heterocycles. The van der Waals surface area contributed by atoms with Crippen LogP contribution in [0.5, 0.6) is 5.75 Å².